The summed E-state index contributed by atoms with van der Waals surface area (Å²) in [6, 6.07) is 11.8. The van der Waals surface area contributed by atoms with Crippen molar-refractivity contribution < 1.29 is 9.21 Å². The number of furan rings is 1. The Morgan fingerprint density at radius 3 is 2.88 bits per heavy atom. The van der Waals surface area contributed by atoms with E-state index in [-0.39, 0.29) is 11.9 Å². The molecule has 2 aromatic heterocycles. The molecule has 5 heteroatoms. The first-order chi connectivity index (χ1) is 11.7. The molecule has 4 nitrogen and oxygen atoms in total. The molecule has 1 saturated carbocycles. The normalized spacial score (nSPS) is 21.0. The van der Waals surface area contributed by atoms with Gasteiger partial charge in [-0.25, -0.2) is 4.98 Å². The van der Waals surface area contributed by atoms with Crippen molar-refractivity contribution in [3.63, 3.8) is 0 Å². The van der Waals surface area contributed by atoms with Gasteiger partial charge in [0.25, 0.3) is 5.91 Å². The molecule has 3 aromatic rings. The van der Waals surface area contributed by atoms with Crippen LogP contribution in [0, 0.1) is 5.92 Å². The molecule has 24 heavy (non-hydrogen) atoms. The zero-order valence-corrected chi connectivity index (χ0v) is 14.4. The third-order valence-corrected chi connectivity index (χ3v) is 5.81. The van der Waals surface area contributed by atoms with Crippen molar-refractivity contribution >= 4 is 27.5 Å². The molecule has 2 atom stereocenters. The van der Waals surface area contributed by atoms with Crippen molar-refractivity contribution in [2.75, 3.05) is 0 Å². The second-order valence-electron chi connectivity index (χ2n) is 6.49. The lowest BCUT2D eigenvalue weighted by Gasteiger charge is -2.29. The summed E-state index contributed by atoms with van der Waals surface area (Å²) in [5.74, 6) is 1.42. The average Bonchev–Trinajstić information content (AvgIpc) is 3.23. The maximum Gasteiger partial charge on any atom is 0.287 e. The molecule has 0 radical (unpaired) electrons. The predicted octanol–water partition coefficient (Wildman–Crippen LogP) is 4.86. The first-order valence-corrected chi connectivity index (χ1v) is 9.29. The van der Waals surface area contributed by atoms with Crippen molar-refractivity contribution in [1.29, 1.82) is 0 Å². The number of fused-ring (bicyclic) bond motifs is 1. The minimum atomic E-state index is -0.124. The number of nitrogens with zero attached hydrogens (tertiary/aromatic N) is 1. The van der Waals surface area contributed by atoms with Crippen molar-refractivity contribution in [3.05, 3.63) is 42.2 Å². The van der Waals surface area contributed by atoms with Gasteiger partial charge in [0.1, 0.15) is 0 Å². The molecule has 1 N–H and O–H groups in total. The number of thiazole rings is 1. The molecule has 0 saturated heterocycles. The van der Waals surface area contributed by atoms with Crippen LogP contribution in [0.4, 0.5) is 0 Å². The number of carbonyl (C=O) groups excluding carboxylic acids is 1. The molecular formula is C19H20N2O2S. The number of aromatic nitrogens is 1. The van der Waals surface area contributed by atoms with Crippen molar-refractivity contribution in [2.24, 2.45) is 5.92 Å². The highest BCUT2D eigenvalue weighted by atomic mass is 32.1. The van der Waals surface area contributed by atoms with Gasteiger partial charge >= 0.3 is 0 Å². The Labute approximate surface area is 144 Å². The summed E-state index contributed by atoms with van der Waals surface area (Å²) in [6.45, 7) is 2.21. The number of hydrogen-bond acceptors (Lipinski definition) is 4. The summed E-state index contributed by atoms with van der Waals surface area (Å²) < 4.78 is 6.89. The van der Waals surface area contributed by atoms with Gasteiger partial charge in [-0.15, -0.1) is 11.3 Å². The molecule has 2 heterocycles. The van der Waals surface area contributed by atoms with E-state index in [2.05, 4.69) is 17.2 Å². The van der Waals surface area contributed by atoms with Crippen LogP contribution in [-0.4, -0.2) is 16.9 Å². The van der Waals surface area contributed by atoms with Gasteiger partial charge in [-0.3, -0.25) is 4.79 Å². The summed E-state index contributed by atoms with van der Waals surface area (Å²) in [5, 5.41) is 3.93. The van der Waals surface area contributed by atoms with Gasteiger partial charge in [0.15, 0.2) is 16.5 Å². The summed E-state index contributed by atoms with van der Waals surface area (Å²) in [4.78, 5) is 17.0. The van der Waals surface area contributed by atoms with E-state index in [1.165, 1.54) is 19.3 Å². The number of carbonyl (C=O) groups is 1. The Morgan fingerprint density at radius 1 is 1.21 bits per heavy atom. The Balaban J connectivity index is 1.52. The molecule has 0 unspecified atom stereocenters. The van der Waals surface area contributed by atoms with Gasteiger partial charge in [-0.1, -0.05) is 31.9 Å². The SMILES string of the molecule is C[C@H]1CCCC[C@@H]1NC(=O)c1ccc(-c2nc3ccccc3s2)o1. The van der Waals surface area contributed by atoms with Crippen LogP contribution in [0.3, 0.4) is 0 Å². The van der Waals surface area contributed by atoms with E-state index in [4.69, 9.17) is 4.42 Å². The topological polar surface area (TPSA) is 55.1 Å². The van der Waals surface area contributed by atoms with E-state index in [1.54, 1.807) is 17.4 Å². The maximum absolute atomic E-state index is 12.5. The highest BCUT2D eigenvalue weighted by molar-refractivity contribution is 7.21. The van der Waals surface area contributed by atoms with Gasteiger partial charge in [-0.05, 0) is 43.0 Å². The highest BCUT2D eigenvalue weighted by Crippen LogP contribution is 2.31. The molecule has 1 fully saturated rings. The van der Waals surface area contributed by atoms with Gasteiger partial charge in [0.2, 0.25) is 0 Å². The van der Waals surface area contributed by atoms with Gasteiger partial charge in [0.05, 0.1) is 10.2 Å². The molecule has 1 aliphatic carbocycles. The second kappa shape index (κ2) is 6.40. The first kappa shape index (κ1) is 15.4. The van der Waals surface area contributed by atoms with Gasteiger partial charge in [-0.2, -0.15) is 0 Å². The fourth-order valence-corrected chi connectivity index (χ4v) is 4.25. The van der Waals surface area contributed by atoms with Crippen LogP contribution in [0.15, 0.2) is 40.8 Å². The van der Waals surface area contributed by atoms with E-state index in [1.807, 2.05) is 30.3 Å². The summed E-state index contributed by atoms with van der Waals surface area (Å²) in [7, 11) is 0. The molecule has 124 valence electrons. The highest BCUT2D eigenvalue weighted by Gasteiger charge is 2.24. The lowest BCUT2D eigenvalue weighted by Crippen LogP contribution is -2.40. The quantitative estimate of drug-likeness (QED) is 0.740. The number of hydrogen-bond donors (Lipinski definition) is 1. The van der Waals surface area contributed by atoms with Crippen LogP contribution in [0.25, 0.3) is 21.0 Å². The van der Waals surface area contributed by atoms with E-state index < -0.39 is 0 Å². The average molecular weight is 340 g/mol. The monoisotopic (exact) mass is 340 g/mol. The number of para-hydroxylation sites is 1. The van der Waals surface area contributed by atoms with Gasteiger partial charge in [0, 0.05) is 6.04 Å². The lowest BCUT2D eigenvalue weighted by atomic mass is 9.86. The van der Waals surface area contributed by atoms with Crippen molar-refractivity contribution in [1.82, 2.24) is 10.3 Å². The first-order valence-electron chi connectivity index (χ1n) is 8.47. The van der Waals surface area contributed by atoms with Crippen LogP contribution in [0.5, 0.6) is 0 Å². The zero-order valence-electron chi connectivity index (χ0n) is 13.6. The molecule has 0 bridgehead atoms. The summed E-state index contributed by atoms with van der Waals surface area (Å²) in [6.07, 6.45) is 4.68. The van der Waals surface area contributed by atoms with E-state index >= 15 is 0 Å². The molecular weight excluding hydrogens is 320 g/mol. The Kier molecular flexibility index (Phi) is 4.10. The van der Waals surface area contributed by atoms with Crippen LogP contribution in [0.1, 0.15) is 43.2 Å². The third-order valence-electron chi connectivity index (χ3n) is 4.76. The number of benzene rings is 1. The zero-order chi connectivity index (χ0) is 16.5. The smallest absolute Gasteiger partial charge is 0.287 e. The number of nitrogens with one attached hydrogen (secondary N) is 1. The van der Waals surface area contributed by atoms with Crippen LogP contribution in [0.2, 0.25) is 0 Å². The van der Waals surface area contributed by atoms with E-state index in [9.17, 15) is 4.79 Å². The number of rotatable bonds is 3. The molecule has 4 rings (SSSR count). The fourth-order valence-electron chi connectivity index (χ4n) is 3.32. The van der Waals surface area contributed by atoms with E-state index in [0.717, 1.165) is 21.6 Å². The van der Waals surface area contributed by atoms with Crippen LogP contribution < -0.4 is 5.32 Å². The largest absolute Gasteiger partial charge is 0.448 e. The predicted molar refractivity (Wildman–Crippen MR) is 96.2 cm³/mol. The second-order valence-corrected chi connectivity index (χ2v) is 7.52. The number of amides is 1. The Morgan fingerprint density at radius 2 is 2.04 bits per heavy atom. The van der Waals surface area contributed by atoms with Gasteiger partial charge < -0.3 is 9.73 Å². The van der Waals surface area contributed by atoms with Crippen molar-refractivity contribution in [3.8, 4) is 10.8 Å². The lowest BCUT2D eigenvalue weighted by molar-refractivity contribution is 0.0883. The van der Waals surface area contributed by atoms with E-state index in [0.29, 0.717) is 17.4 Å². The Bertz CT molecular complexity index is 834. The molecule has 1 aliphatic rings. The minimum absolute atomic E-state index is 0.124. The van der Waals surface area contributed by atoms with Crippen LogP contribution >= 0.6 is 11.3 Å². The fraction of sp³-hybridized carbons (Fsp3) is 0.368. The molecule has 0 aliphatic heterocycles. The third kappa shape index (κ3) is 2.96. The molecule has 0 spiro atoms. The summed E-state index contributed by atoms with van der Waals surface area (Å²) >= 11 is 1.57. The molecule has 1 aromatic carbocycles. The minimum Gasteiger partial charge on any atom is -0.448 e. The Hall–Kier alpha value is -2.14. The van der Waals surface area contributed by atoms with Crippen LogP contribution in [-0.2, 0) is 0 Å². The summed E-state index contributed by atoms with van der Waals surface area (Å²) in [5.41, 5.74) is 0.955. The molecule has 1 amide bonds. The standard InChI is InChI=1S/C19H20N2O2S/c1-12-6-2-3-7-13(12)20-18(22)15-10-11-16(23-15)19-21-14-8-4-5-9-17(14)24-19/h4-5,8-13H,2-3,6-7H2,1H3,(H,20,22)/t12-,13-/m0/s1. The maximum atomic E-state index is 12.5. The van der Waals surface area contributed by atoms with Crippen molar-refractivity contribution in [2.45, 2.75) is 38.6 Å².